The summed E-state index contributed by atoms with van der Waals surface area (Å²) >= 11 is 1.47. The first-order chi connectivity index (χ1) is 31.6. The van der Waals surface area contributed by atoms with Crippen molar-refractivity contribution in [3.05, 3.63) is 149 Å². The molecule has 2 aromatic heterocycles. The maximum atomic E-state index is 13.5. The fraction of sp³-hybridized carbons (Fsp3) is 0.283. The van der Waals surface area contributed by atoms with Crippen molar-refractivity contribution in [3.8, 4) is 0 Å². The zero-order valence-electron chi connectivity index (χ0n) is 35.9. The standard InChI is InChI=1S/C46H47N13O5S.ClH/c1-46(47)11-13-57(14-12-46)40-25-49-41(26-48-40)65-36-4-2-3-34(23-36)52-42(60)31-7-6-30-21-35(22-32(30)20-31)56-15-17-58(18-16-56)39-10-9-38(53-54-39)43(61)50-24-29-5-8-37-33(19-29)27-59(44(37)62)45-51-28-63-55-64-45;/h2-14,19-20,23,25-26,35,45,51,55H,15-18,21-22,24,27-28,47H2,1H3,(H,50,61)(H,52,60);1H. The van der Waals surface area contributed by atoms with Gasteiger partial charge in [0.1, 0.15) is 11.8 Å². The quantitative estimate of drug-likeness (QED) is 0.126. The molecule has 0 radical (unpaired) electrons. The van der Waals surface area contributed by atoms with Gasteiger partial charge in [0.25, 0.3) is 17.7 Å². The predicted octanol–water partition coefficient (Wildman–Crippen LogP) is 4.13. The van der Waals surface area contributed by atoms with Crippen molar-refractivity contribution in [2.45, 2.75) is 60.7 Å². The van der Waals surface area contributed by atoms with E-state index in [9.17, 15) is 14.4 Å². The third-order valence-corrected chi connectivity index (χ3v) is 13.0. The van der Waals surface area contributed by atoms with E-state index in [2.05, 4.69) is 57.6 Å². The lowest BCUT2D eigenvalue weighted by molar-refractivity contribution is -0.281. The largest absolute Gasteiger partial charge is 0.353 e. The molecule has 10 rings (SSSR count). The van der Waals surface area contributed by atoms with Crippen molar-refractivity contribution in [2.75, 3.05) is 48.0 Å². The van der Waals surface area contributed by atoms with Gasteiger partial charge < -0.3 is 26.2 Å². The van der Waals surface area contributed by atoms with E-state index in [1.165, 1.54) is 22.9 Å². The van der Waals surface area contributed by atoms with E-state index in [0.717, 1.165) is 65.9 Å². The second kappa shape index (κ2) is 19.3. The number of anilines is 3. The van der Waals surface area contributed by atoms with Crippen LogP contribution in [-0.4, -0.2) is 98.5 Å². The van der Waals surface area contributed by atoms with E-state index in [0.29, 0.717) is 35.2 Å². The second-order valence-corrected chi connectivity index (χ2v) is 17.8. The zero-order chi connectivity index (χ0) is 44.5. The van der Waals surface area contributed by atoms with Crippen molar-refractivity contribution in [3.63, 3.8) is 0 Å². The molecule has 1 aliphatic carbocycles. The number of halogens is 1. The van der Waals surface area contributed by atoms with Crippen LogP contribution in [0.5, 0.6) is 0 Å². The van der Waals surface area contributed by atoms with Crippen LogP contribution in [0.2, 0.25) is 0 Å². The summed E-state index contributed by atoms with van der Waals surface area (Å²) in [6, 6.07) is 23.2. The Morgan fingerprint density at radius 3 is 2.48 bits per heavy atom. The summed E-state index contributed by atoms with van der Waals surface area (Å²) in [7, 11) is 0. The third kappa shape index (κ3) is 9.93. The number of carbonyl (C=O) groups excluding carboxylic acids is 3. The Kier molecular flexibility index (Phi) is 13.1. The molecule has 6 N–H and O–H groups in total. The summed E-state index contributed by atoms with van der Waals surface area (Å²) in [5.74, 6) is 0.793. The maximum Gasteiger partial charge on any atom is 0.272 e. The van der Waals surface area contributed by atoms with Gasteiger partial charge in [0.15, 0.2) is 17.3 Å². The summed E-state index contributed by atoms with van der Waals surface area (Å²) < 4.78 is 0. The Bertz CT molecular complexity index is 2660. The number of hydrogen-bond donors (Lipinski definition) is 5. The molecule has 340 valence electrons. The number of benzene rings is 3. The first kappa shape index (κ1) is 44.9. The minimum atomic E-state index is -0.651. The second-order valence-electron chi connectivity index (χ2n) is 16.7. The molecule has 6 heterocycles. The fourth-order valence-electron chi connectivity index (χ4n) is 8.53. The molecular weight excluding hydrogens is 882 g/mol. The van der Waals surface area contributed by atoms with E-state index in [1.807, 2.05) is 91.0 Å². The first-order valence-electron chi connectivity index (χ1n) is 21.4. The van der Waals surface area contributed by atoms with Crippen LogP contribution in [0.1, 0.15) is 60.4 Å². The van der Waals surface area contributed by atoms with Gasteiger partial charge in [-0.2, -0.15) is 0 Å². The third-order valence-electron chi connectivity index (χ3n) is 12.1. The monoisotopic (exact) mass is 929 g/mol. The van der Waals surface area contributed by atoms with Gasteiger partial charge in [-0.15, -0.1) is 22.6 Å². The van der Waals surface area contributed by atoms with Crippen molar-refractivity contribution in [1.29, 1.82) is 0 Å². The molecule has 0 spiro atoms. The number of piperazine rings is 1. The van der Waals surface area contributed by atoms with Crippen LogP contribution >= 0.6 is 24.2 Å². The van der Waals surface area contributed by atoms with Gasteiger partial charge >= 0.3 is 0 Å². The fourth-order valence-corrected chi connectivity index (χ4v) is 9.31. The van der Waals surface area contributed by atoms with Gasteiger partial charge in [-0.3, -0.25) is 29.0 Å². The highest BCUT2D eigenvalue weighted by atomic mass is 35.5. The Balaban J connectivity index is 0.00000548. The van der Waals surface area contributed by atoms with Crippen LogP contribution in [0.25, 0.3) is 0 Å². The molecule has 0 bridgehead atoms. The average molecular weight is 930 g/mol. The number of hydrogen-bond acceptors (Lipinski definition) is 16. The zero-order valence-corrected chi connectivity index (χ0v) is 37.6. The molecule has 5 aromatic rings. The Hall–Kier alpha value is -6.29. The Morgan fingerprint density at radius 2 is 1.73 bits per heavy atom. The molecule has 18 nitrogen and oxygen atoms in total. The number of amides is 3. The van der Waals surface area contributed by atoms with Gasteiger partial charge in [-0.25, -0.2) is 20.1 Å². The number of rotatable bonds is 11. The number of carbonyl (C=O) groups is 3. The van der Waals surface area contributed by atoms with E-state index >= 15 is 0 Å². The summed E-state index contributed by atoms with van der Waals surface area (Å²) in [6.45, 7) is 6.05. The number of nitrogens with zero attached hydrogens (tertiary/aromatic N) is 8. The molecule has 3 aromatic carbocycles. The van der Waals surface area contributed by atoms with Gasteiger partial charge in [0.05, 0.1) is 24.5 Å². The summed E-state index contributed by atoms with van der Waals surface area (Å²) in [5, 5.41) is 18.4. The van der Waals surface area contributed by atoms with Crippen LogP contribution in [-0.2, 0) is 35.6 Å². The molecule has 5 aliphatic rings. The lowest BCUT2D eigenvalue weighted by atomic mass is 10.0. The molecule has 66 heavy (non-hydrogen) atoms. The topological polar surface area (TPSA) is 208 Å². The molecule has 2 saturated heterocycles. The maximum absolute atomic E-state index is 13.5. The van der Waals surface area contributed by atoms with Gasteiger partial charge in [-0.05, 0) is 103 Å². The summed E-state index contributed by atoms with van der Waals surface area (Å²) in [4.78, 5) is 67.8. The molecule has 20 heteroatoms. The normalized spacial score (nSPS) is 19.8. The number of nitrogens with one attached hydrogen (secondary N) is 4. The van der Waals surface area contributed by atoms with Crippen LogP contribution in [0.3, 0.4) is 0 Å². The van der Waals surface area contributed by atoms with Crippen molar-refractivity contribution in [1.82, 2.24) is 46.2 Å². The van der Waals surface area contributed by atoms with E-state index in [4.69, 9.17) is 15.4 Å². The Morgan fingerprint density at radius 1 is 0.894 bits per heavy atom. The van der Waals surface area contributed by atoms with Gasteiger partial charge in [0.2, 0.25) is 6.35 Å². The first-order valence-corrected chi connectivity index (χ1v) is 22.2. The molecule has 3 amide bonds. The van der Waals surface area contributed by atoms with Crippen LogP contribution in [0, 0.1) is 0 Å². The highest BCUT2D eigenvalue weighted by Crippen LogP contribution is 2.31. The molecule has 0 saturated carbocycles. The van der Waals surface area contributed by atoms with Crippen molar-refractivity contribution < 1.29 is 24.1 Å². The minimum Gasteiger partial charge on any atom is -0.353 e. The molecule has 2 unspecified atom stereocenters. The highest BCUT2D eigenvalue weighted by Gasteiger charge is 2.35. The van der Waals surface area contributed by atoms with Crippen LogP contribution < -0.4 is 37.1 Å². The van der Waals surface area contributed by atoms with Gasteiger partial charge in [0, 0.05) is 72.9 Å². The van der Waals surface area contributed by atoms with Gasteiger partial charge in [-0.1, -0.05) is 41.7 Å². The average Bonchev–Trinajstić information content (AvgIpc) is 3.92. The number of fused-ring (bicyclic) bond motifs is 2. The smallest absolute Gasteiger partial charge is 0.272 e. The van der Waals surface area contributed by atoms with Crippen molar-refractivity contribution >= 4 is 59.2 Å². The number of aromatic nitrogens is 4. The molecule has 2 atom stereocenters. The summed E-state index contributed by atoms with van der Waals surface area (Å²) in [6.07, 6.45) is 12.2. The lowest BCUT2D eigenvalue weighted by Gasteiger charge is -2.38. The highest BCUT2D eigenvalue weighted by molar-refractivity contribution is 7.99. The lowest BCUT2D eigenvalue weighted by Crippen LogP contribution is -2.54. The molecular formula is C46H48ClN13O5S. The van der Waals surface area contributed by atoms with E-state index in [-0.39, 0.29) is 49.1 Å². The summed E-state index contributed by atoms with van der Waals surface area (Å²) in [5.41, 5.74) is 14.3. The Labute approximate surface area is 391 Å². The predicted molar refractivity (Wildman–Crippen MR) is 249 cm³/mol. The van der Waals surface area contributed by atoms with E-state index < -0.39 is 11.9 Å². The number of nitrogens with two attached hydrogens (primary N) is 1. The molecule has 4 aliphatic heterocycles. The van der Waals surface area contributed by atoms with Crippen molar-refractivity contribution in [2.24, 2.45) is 5.73 Å². The molecule has 2 fully saturated rings. The van der Waals surface area contributed by atoms with Crippen LogP contribution in [0.15, 0.2) is 120 Å². The van der Waals surface area contributed by atoms with Crippen LogP contribution in [0.4, 0.5) is 17.3 Å². The minimum absolute atomic E-state index is 0. The van der Waals surface area contributed by atoms with E-state index in [1.54, 1.807) is 29.4 Å². The SMILES string of the molecule is CC1(N)C=CN(c2cnc(Sc3cccc(NC(=O)c4ccc5c(c4)CC(N4CCN(c6ccc(C(=O)NCc7ccc8c(c7)CN(C7NCONO7)C8=O)nn6)CC4)C5)c3)cn2)C=C1.Cl.